The van der Waals surface area contributed by atoms with Crippen LogP contribution >= 0.6 is 0 Å². The van der Waals surface area contributed by atoms with Gasteiger partial charge in [0.2, 0.25) is 0 Å². The van der Waals surface area contributed by atoms with Crippen molar-refractivity contribution in [2.45, 2.75) is 63.9 Å². The van der Waals surface area contributed by atoms with E-state index in [1.807, 2.05) is 0 Å². The quantitative estimate of drug-likeness (QED) is 0.834. The molecule has 3 nitrogen and oxygen atoms in total. The van der Waals surface area contributed by atoms with Gasteiger partial charge in [0.1, 0.15) is 6.17 Å². The Morgan fingerprint density at radius 3 is 1.83 bits per heavy atom. The number of aliphatic hydroxyl groups is 1. The first-order valence-corrected chi connectivity index (χ1v) is 7.07. The summed E-state index contributed by atoms with van der Waals surface area (Å²) in [5, 5.41) is 9.61. The molecule has 1 N–H and O–H groups in total. The summed E-state index contributed by atoms with van der Waals surface area (Å²) < 4.78 is 13.1. The van der Waals surface area contributed by atoms with Crippen LogP contribution in [0.2, 0.25) is 0 Å². The standard InChI is InChI=1S/C14H27FN2O/c1-13(2,16-7-5-12(18)6-8-16)14(3,4)17-9-11(15)10-17/h11-12,18H,5-10H2,1-4H3. The maximum Gasteiger partial charge on any atom is 0.125 e. The molecule has 0 saturated carbocycles. The monoisotopic (exact) mass is 258 g/mol. The zero-order valence-electron chi connectivity index (χ0n) is 12.1. The van der Waals surface area contributed by atoms with Gasteiger partial charge < -0.3 is 5.11 Å². The summed E-state index contributed by atoms with van der Waals surface area (Å²) in [7, 11) is 0. The van der Waals surface area contributed by atoms with Crippen LogP contribution in [-0.2, 0) is 0 Å². The fourth-order valence-electron chi connectivity index (χ4n) is 3.08. The van der Waals surface area contributed by atoms with Crippen LogP contribution in [0.25, 0.3) is 0 Å². The summed E-state index contributed by atoms with van der Waals surface area (Å²) in [5.41, 5.74) is -0.0504. The molecular weight excluding hydrogens is 231 g/mol. The van der Waals surface area contributed by atoms with Gasteiger partial charge >= 0.3 is 0 Å². The second-order valence-electron chi connectivity index (χ2n) is 6.84. The molecule has 0 aromatic heterocycles. The van der Waals surface area contributed by atoms with Gasteiger partial charge in [-0.2, -0.15) is 0 Å². The molecule has 0 aromatic rings. The molecule has 0 bridgehead atoms. The second kappa shape index (κ2) is 4.73. The highest BCUT2D eigenvalue weighted by molar-refractivity contribution is 5.06. The third-order valence-electron chi connectivity index (χ3n) is 5.38. The molecule has 0 aromatic carbocycles. The summed E-state index contributed by atoms with van der Waals surface area (Å²) in [6.07, 6.45) is 0.916. The maximum absolute atomic E-state index is 13.1. The van der Waals surface area contributed by atoms with Gasteiger partial charge in [0, 0.05) is 37.3 Å². The molecule has 0 spiro atoms. The van der Waals surface area contributed by atoms with Crippen LogP contribution in [0.15, 0.2) is 0 Å². The second-order valence-corrected chi connectivity index (χ2v) is 6.84. The molecule has 0 radical (unpaired) electrons. The summed E-state index contributed by atoms with van der Waals surface area (Å²) in [6, 6.07) is 0. The average molecular weight is 258 g/mol. The molecule has 4 heteroatoms. The Labute approximate surface area is 110 Å². The minimum Gasteiger partial charge on any atom is -0.393 e. The number of halogens is 1. The van der Waals surface area contributed by atoms with Crippen molar-refractivity contribution in [3.63, 3.8) is 0 Å². The number of likely N-dealkylation sites (tertiary alicyclic amines) is 2. The molecule has 0 atom stereocenters. The van der Waals surface area contributed by atoms with Crippen LogP contribution in [0.1, 0.15) is 40.5 Å². The zero-order chi connectivity index (χ0) is 13.6. The lowest BCUT2D eigenvalue weighted by Crippen LogP contribution is -2.71. The molecule has 0 aliphatic carbocycles. The van der Waals surface area contributed by atoms with Crippen molar-refractivity contribution < 1.29 is 9.50 Å². The molecule has 2 aliphatic heterocycles. The predicted molar refractivity (Wildman–Crippen MR) is 71.4 cm³/mol. The minimum atomic E-state index is -0.650. The van der Waals surface area contributed by atoms with E-state index in [-0.39, 0.29) is 17.2 Å². The van der Waals surface area contributed by atoms with Crippen molar-refractivity contribution in [3.05, 3.63) is 0 Å². The third kappa shape index (κ3) is 2.30. The van der Waals surface area contributed by atoms with Gasteiger partial charge in [0.25, 0.3) is 0 Å². The van der Waals surface area contributed by atoms with Crippen LogP contribution in [0.3, 0.4) is 0 Å². The van der Waals surface area contributed by atoms with E-state index in [4.69, 9.17) is 0 Å². The average Bonchev–Trinajstić information content (AvgIpc) is 2.25. The minimum absolute atomic E-state index is 0.00667. The molecule has 2 fully saturated rings. The first-order chi connectivity index (χ1) is 8.25. The Hall–Kier alpha value is -0.190. The van der Waals surface area contributed by atoms with Crippen LogP contribution in [-0.4, -0.2) is 64.4 Å². The summed E-state index contributed by atoms with van der Waals surface area (Å²) in [5.74, 6) is 0. The summed E-state index contributed by atoms with van der Waals surface area (Å²) in [6.45, 7) is 11.9. The maximum atomic E-state index is 13.1. The topological polar surface area (TPSA) is 26.7 Å². The van der Waals surface area contributed by atoms with Gasteiger partial charge in [0.15, 0.2) is 0 Å². The van der Waals surface area contributed by atoms with E-state index in [9.17, 15) is 9.50 Å². The van der Waals surface area contributed by atoms with E-state index < -0.39 is 6.17 Å². The van der Waals surface area contributed by atoms with Crippen molar-refractivity contribution in [1.29, 1.82) is 0 Å². The van der Waals surface area contributed by atoms with Crippen molar-refractivity contribution in [3.8, 4) is 0 Å². The van der Waals surface area contributed by atoms with Gasteiger partial charge in [-0.1, -0.05) is 0 Å². The molecule has 2 aliphatic rings. The number of rotatable bonds is 3. The number of hydrogen-bond acceptors (Lipinski definition) is 3. The van der Waals surface area contributed by atoms with Crippen molar-refractivity contribution in [1.82, 2.24) is 9.80 Å². The van der Waals surface area contributed by atoms with Crippen LogP contribution in [0.5, 0.6) is 0 Å². The Kier molecular flexibility index (Phi) is 3.74. The van der Waals surface area contributed by atoms with Crippen molar-refractivity contribution in [2.24, 2.45) is 0 Å². The largest absolute Gasteiger partial charge is 0.393 e. The molecule has 0 amide bonds. The van der Waals surface area contributed by atoms with Crippen molar-refractivity contribution in [2.75, 3.05) is 26.2 Å². The first-order valence-electron chi connectivity index (χ1n) is 7.07. The van der Waals surface area contributed by atoms with E-state index in [0.717, 1.165) is 25.9 Å². The number of nitrogens with zero attached hydrogens (tertiary/aromatic N) is 2. The lowest BCUT2D eigenvalue weighted by atomic mass is 9.77. The molecule has 0 unspecified atom stereocenters. The van der Waals surface area contributed by atoms with Gasteiger partial charge in [-0.15, -0.1) is 0 Å². The number of hydrogen-bond donors (Lipinski definition) is 1. The van der Waals surface area contributed by atoms with Gasteiger partial charge in [-0.25, -0.2) is 4.39 Å². The Balaban J connectivity index is 2.04. The van der Waals surface area contributed by atoms with Crippen molar-refractivity contribution >= 4 is 0 Å². The highest BCUT2D eigenvalue weighted by Crippen LogP contribution is 2.37. The number of aliphatic hydroxyl groups excluding tert-OH is 1. The van der Waals surface area contributed by atoms with Gasteiger partial charge in [0.05, 0.1) is 6.10 Å². The van der Waals surface area contributed by atoms with E-state index in [1.54, 1.807) is 0 Å². The van der Waals surface area contributed by atoms with E-state index in [1.165, 1.54) is 0 Å². The van der Waals surface area contributed by atoms with E-state index >= 15 is 0 Å². The van der Waals surface area contributed by atoms with E-state index in [0.29, 0.717) is 13.1 Å². The lowest BCUT2D eigenvalue weighted by molar-refractivity contribution is -0.102. The number of piperidine rings is 1. The van der Waals surface area contributed by atoms with Gasteiger partial charge in [-0.3, -0.25) is 9.80 Å². The summed E-state index contributed by atoms with van der Waals surface area (Å²) in [4.78, 5) is 4.69. The first kappa shape index (κ1) is 14.2. The molecule has 106 valence electrons. The lowest BCUT2D eigenvalue weighted by Gasteiger charge is -2.58. The molecule has 2 rings (SSSR count). The molecule has 2 saturated heterocycles. The Morgan fingerprint density at radius 2 is 1.39 bits per heavy atom. The van der Waals surface area contributed by atoms with Gasteiger partial charge in [-0.05, 0) is 40.5 Å². The molecular formula is C14H27FN2O. The smallest absolute Gasteiger partial charge is 0.125 e. The molecule has 2 heterocycles. The third-order valence-corrected chi connectivity index (χ3v) is 5.38. The van der Waals surface area contributed by atoms with Crippen LogP contribution < -0.4 is 0 Å². The van der Waals surface area contributed by atoms with E-state index in [2.05, 4.69) is 37.5 Å². The Bertz CT molecular complexity index is 292. The van der Waals surface area contributed by atoms with Crippen LogP contribution in [0.4, 0.5) is 4.39 Å². The fourth-order valence-corrected chi connectivity index (χ4v) is 3.08. The molecule has 18 heavy (non-hydrogen) atoms. The predicted octanol–water partition coefficient (Wildman–Crippen LogP) is 1.65. The normalized spacial score (nSPS) is 26.3. The van der Waals surface area contributed by atoms with Crippen LogP contribution in [0, 0.1) is 0 Å². The fraction of sp³-hybridized carbons (Fsp3) is 1.00. The highest BCUT2D eigenvalue weighted by atomic mass is 19.1. The summed E-state index contributed by atoms with van der Waals surface area (Å²) >= 11 is 0. The highest BCUT2D eigenvalue weighted by Gasteiger charge is 2.49. The number of alkyl halides is 1. The SMILES string of the molecule is CC(C)(N1CCC(O)CC1)C(C)(C)N1CC(F)C1. The Morgan fingerprint density at radius 1 is 0.944 bits per heavy atom. The zero-order valence-corrected chi connectivity index (χ0v) is 12.1.